The summed E-state index contributed by atoms with van der Waals surface area (Å²) in [6.45, 7) is 0. The van der Waals surface area contributed by atoms with Crippen LogP contribution in [0.4, 0.5) is 0 Å². The minimum atomic E-state index is -0.473. The van der Waals surface area contributed by atoms with E-state index in [1.165, 1.54) is 47.9 Å². The lowest BCUT2D eigenvalue weighted by molar-refractivity contribution is 0.00612. The molecule has 2 unspecified atom stereocenters. The topological polar surface area (TPSA) is 18.5 Å². The van der Waals surface area contributed by atoms with Crippen LogP contribution in [-0.4, -0.2) is 0 Å². The highest BCUT2D eigenvalue weighted by Gasteiger charge is 2.63. The van der Waals surface area contributed by atoms with Gasteiger partial charge < -0.3 is 9.05 Å². The fraction of sp³-hybridized carbons (Fsp3) is 0.333. The Morgan fingerprint density at radius 3 is 1.27 bits per heavy atom. The largest absolute Gasteiger partial charge is 0.350 e. The molecule has 2 nitrogen and oxygen atoms in total. The van der Waals surface area contributed by atoms with Crippen molar-refractivity contribution in [3.8, 4) is 0 Å². The molecular weight excluding hydrogens is 526 g/mol. The van der Waals surface area contributed by atoms with E-state index in [2.05, 4.69) is 140 Å². The van der Waals surface area contributed by atoms with Gasteiger partial charge in [-0.15, -0.1) is 0 Å². The zero-order chi connectivity index (χ0) is 27.2. The van der Waals surface area contributed by atoms with Gasteiger partial charge in [-0.05, 0) is 77.5 Å². The number of hydrogen-bond donors (Lipinski definition) is 0. The summed E-state index contributed by atoms with van der Waals surface area (Å²) in [5.41, 5.74) is 4.08. The Morgan fingerprint density at radius 2 is 0.850 bits per heavy atom. The van der Waals surface area contributed by atoms with E-state index in [-0.39, 0.29) is 0 Å². The molecule has 8 atom stereocenters. The molecule has 3 fully saturated rings. The van der Waals surface area contributed by atoms with Crippen molar-refractivity contribution in [2.45, 2.75) is 36.9 Å². The molecule has 0 saturated heterocycles. The molecule has 0 heterocycles. The molecule has 0 amide bonds. The molecule has 4 aromatic rings. The van der Waals surface area contributed by atoms with Crippen molar-refractivity contribution in [3.05, 3.63) is 144 Å². The van der Waals surface area contributed by atoms with Crippen LogP contribution >= 0.6 is 18.9 Å². The van der Waals surface area contributed by atoms with Crippen LogP contribution in [0.25, 0.3) is 0 Å². The first-order valence-electron chi connectivity index (χ1n) is 14.7. The molecule has 0 spiro atoms. The van der Waals surface area contributed by atoms with E-state index in [0.29, 0.717) is 23.7 Å². The molecule has 4 heteroatoms. The fourth-order valence-electron chi connectivity index (χ4n) is 9.30. The minimum absolute atomic E-state index is 0.411. The molecule has 3 aliphatic rings. The van der Waals surface area contributed by atoms with Crippen LogP contribution in [0.15, 0.2) is 121 Å². The summed E-state index contributed by atoms with van der Waals surface area (Å²) < 4.78 is 13.2. The van der Waals surface area contributed by atoms with Gasteiger partial charge >= 0.3 is 0 Å². The lowest BCUT2D eigenvalue weighted by atomic mass is 9.64. The van der Waals surface area contributed by atoms with Gasteiger partial charge in [-0.2, -0.15) is 0 Å². The Hall–Kier alpha value is -2.34. The lowest BCUT2D eigenvalue weighted by Crippen LogP contribution is -2.43. The minimum Gasteiger partial charge on any atom is -0.350 e. The third kappa shape index (κ3) is 3.99. The van der Waals surface area contributed by atoms with E-state index in [4.69, 9.17) is 9.05 Å². The van der Waals surface area contributed by atoms with Crippen molar-refractivity contribution in [1.82, 2.24) is 0 Å². The Morgan fingerprint density at radius 1 is 0.450 bits per heavy atom. The van der Waals surface area contributed by atoms with E-state index >= 15 is 0 Å². The van der Waals surface area contributed by atoms with Crippen molar-refractivity contribution in [2.24, 2.45) is 35.5 Å². The quantitative estimate of drug-likeness (QED) is 0.199. The van der Waals surface area contributed by atoms with E-state index in [1.807, 2.05) is 0 Å². The van der Waals surface area contributed by atoms with Gasteiger partial charge in [-0.3, -0.25) is 0 Å². The van der Waals surface area contributed by atoms with Crippen molar-refractivity contribution in [1.29, 1.82) is 0 Å². The van der Waals surface area contributed by atoms with Gasteiger partial charge in [0.2, 0.25) is 0 Å². The van der Waals surface area contributed by atoms with Gasteiger partial charge in [-0.25, -0.2) is 0 Å². The van der Waals surface area contributed by atoms with Crippen LogP contribution in [0.1, 0.15) is 47.9 Å². The Balaban J connectivity index is 1.28. The van der Waals surface area contributed by atoms with Crippen LogP contribution in [0.3, 0.4) is 0 Å². The van der Waals surface area contributed by atoms with Gasteiger partial charge in [0.25, 0.3) is 0 Å². The Labute approximate surface area is 243 Å². The lowest BCUT2D eigenvalue weighted by Gasteiger charge is -2.45. The van der Waals surface area contributed by atoms with Crippen molar-refractivity contribution >= 4 is 18.9 Å². The van der Waals surface area contributed by atoms with Gasteiger partial charge in [0, 0.05) is 24.9 Å². The zero-order valence-corrected chi connectivity index (χ0v) is 25.1. The molecular formula is C36H38O2P2. The fourth-order valence-corrected chi connectivity index (χ4v) is 10.2. The van der Waals surface area contributed by atoms with E-state index in [0.717, 1.165) is 11.8 Å². The van der Waals surface area contributed by atoms with Gasteiger partial charge in [0.05, 0.1) is 0 Å². The summed E-state index contributed by atoms with van der Waals surface area (Å²) in [5, 5.41) is 0. The predicted octanol–water partition coefficient (Wildman–Crippen LogP) is 8.79. The average molecular weight is 565 g/mol. The van der Waals surface area contributed by atoms with E-state index in [9.17, 15) is 0 Å². The van der Waals surface area contributed by atoms with Crippen LogP contribution in [0.5, 0.6) is 0 Å². The normalized spacial score (nSPS) is 27.6. The van der Waals surface area contributed by atoms with E-state index < -0.39 is 11.2 Å². The smallest absolute Gasteiger partial charge is 0.125 e. The molecule has 7 rings (SSSR count). The monoisotopic (exact) mass is 564 g/mol. The zero-order valence-electron chi connectivity index (χ0n) is 22.8. The molecule has 0 aromatic heterocycles. The van der Waals surface area contributed by atoms with Crippen LogP contribution in [-0.2, 0) is 20.2 Å². The van der Waals surface area contributed by atoms with Crippen LogP contribution in [0.2, 0.25) is 0 Å². The molecule has 4 aromatic carbocycles. The first-order chi connectivity index (χ1) is 19.7. The highest BCUT2D eigenvalue weighted by atomic mass is 31.0. The number of fused-ring (bicyclic) bond motifs is 5. The number of rotatable bonds is 8. The molecule has 0 aliphatic heterocycles. The van der Waals surface area contributed by atoms with E-state index in [1.54, 1.807) is 0 Å². The van der Waals surface area contributed by atoms with Crippen molar-refractivity contribution in [3.63, 3.8) is 0 Å². The first kappa shape index (κ1) is 26.6. The molecule has 40 heavy (non-hydrogen) atoms. The Bertz CT molecular complexity index is 1330. The van der Waals surface area contributed by atoms with Gasteiger partial charge in [-0.1, -0.05) is 121 Å². The average Bonchev–Trinajstić information content (AvgIpc) is 3.75. The summed E-state index contributed by atoms with van der Waals surface area (Å²) in [7, 11) is 5.33. The van der Waals surface area contributed by atoms with Crippen LogP contribution < -0.4 is 0 Å². The molecule has 204 valence electrons. The summed E-state index contributed by atoms with van der Waals surface area (Å²) in [5.74, 6) is 3.60. The van der Waals surface area contributed by atoms with Crippen molar-refractivity contribution in [2.75, 3.05) is 0 Å². The number of hydrogen-bond acceptors (Lipinski definition) is 2. The highest BCUT2D eigenvalue weighted by Crippen LogP contribution is 2.69. The summed E-state index contributed by atoms with van der Waals surface area (Å²) in [4.78, 5) is 0. The van der Waals surface area contributed by atoms with Crippen molar-refractivity contribution < 1.29 is 9.05 Å². The molecule has 3 saturated carbocycles. The maximum Gasteiger partial charge on any atom is 0.125 e. The molecule has 0 N–H and O–H groups in total. The third-order valence-electron chi connectivity index (χ3n) is 10.7. The third-order valence-corrected chi connectivity index (χ3v) is 11.5. The Kier molecular flexibility index (Phi) is 7.18. The second-order valence-corrected chi connectivity index (χ2v) is 12.6. The molecule has 3 aliphatic carbocycles. The second-order valence-electron chi connectivity index (χ2n) is 12.2. The summed E-state index contributed by atoms with van der Waals surface area (Å²) in [6.07, 6.45) is 4.91. The summed E-state index contributed by atoms with van der Waals surface area (Å²) in [6, 6.07) is 43.7. The maximum atomic E-state index is 6.64. The summed E-state index contributed by atoms with van der Waals surface area (Å²) >= 11 is 0. The molecule has 0 radical (unpaired) electrons. The van der Waals surface area contributed by atoms with Gasteiger partial charge in [0.1, 0.15) is 11.2 Å². The molecule has 2 bridgehead atoms. The predicted molar refractivity (Wildman–Crippen MR) is 168 cm³/mol. The SMILES string of the molecule is POC(c1ccccc1)(c1ccccc1)[C@H]1C[C@H]2[C@H]3C[C@H](C[C@@H]3C(OP)(c3ccccc3)c3ccccc3)[C@@H]2C1. The highest BCUT2D eigenvalue weighted by molar-refractivity contribution is 7.10. The standard InChI is InChI=1S/C36H38O2P2/c39-37-35(26-13-5-1-6-14-26,27-15-7-2-8-16-27)30-23-31-25-21-33(32(31)24-30)34(22-25)36(38-40,28-17-9-3-10-18-28)29-19-11-4-12-20-29/h1-20,25,30-34H,21-24,39-40H2/t25-,30-,31+,32-,33-,34+/m1/s1. The second kappa shape index (κ2) is 10.8. The first-order valence-corrected chi connectivity index (χ1v) is 15.6. The van der Waals surface area contributed by atoms with Gasteiger partial charge in [0.15, 0.2) is 0 Å². The maximum absolute atomic E-state index is 6.64. The van der Waals surface area contributed by atoms with Crippen LogP contribution in [0, 0.1) is 35.5 Å². The number of benzene rings is 4.